The summed E-state index contributed by atoms with van der Waals surface area (Å²) in [4.78, 5) is 19.4. The maximum absolute atomic E-state index is 11.3. The number of hydrogen-bond acceptors (Lipinski definition) is 5. The van der Waals surface area contributed by atoms with Crippen LogP contribution in [-0.4, -0.2) is 29.6 Å². The highest BCUT2D eigenvalue weighted by atomic mass is 16.5. The predicted molar refractivity (Wildman–Crippen MR) is 65.9 cm³/mol. The van der Waals surface area contributed by atoms with E-state index in [1.54, 1.807) is 6.20 Å². The quantitative estimate of drug-likeness (QED) is 0.794. The number of hydrogen-bond donors (Lipinski definition) is 1. The number of nitrogens with zero attached hydrogens (tertiary/aromatic N) is 2. The lowest BCUT2D eigenvalue weighted by atomic mass is 9.90. The van der Waals surface area contributed by atoms with Gasteiger partial charge < -0.3 is 10.1 Å². The van der Waals surface area contributed by atoms with Crippen LogP contribution < -0.4 is 5.32 Å². The molecule has 0 unspecified atom stereocenters. The zero-order valence-corrected chi connectivity index (χ0v) is 10.8. The van der Waals surface area contributed by atoms with Gasteiger partial charge in [0.15, 0.2) is 5.69 Å². The van der Waals surface area contributed by atoms with Crippen LogP contribution >= 0.6 is 0 Å². The number of methoxy groups -OCH3 is 1. The molecular weight excluding hydrogens is 218 g/mol. The molecule has 1 aromatic rings. The van der Waals surface area contributed by atoms with Crippen molar-refractivity contribution in [3.63, 3.8) is 0 Å². The first-order valence-electron chi connectivity index (χ1n) is 5.63. The summed E-state index contributed by atoms with van der Waals surface area (Å²) in [6.45, 7) is 7.25. The topological polar surface area (TPSA) is 64.1 Å². The number of ether oxygens (including phenoxy) is 1. The number of carbonyl (C=O) groups is 1. The van der Waals surface area contributed by atoms with Crippen LogP contribution in [0.25, 0.3) is 0 Å². The van der Waals surface area contributed by atoms with Crippen molar-refractivity contribution in [3.8, 4) is 0 Å². The second-order valence-electron chi connectivity index (χ2n) is 4.65. The number of carbonyl (C=O) groups excluding carboxylic acids is 1. The van der Waals surface area contributed by atoms with Crippen molar-refractivity contribution < 1.29 is 9.53 Å². The number of anilines is 1. The van der Waals surface area contributed by atoms with Crippen LogP contribution in [0.1, 0.15) is 37.7 Å². The molecule has 0 amide bonds. The first-order valence-corrected chi connectivity index (χ1v) is 5.63. The van der Waals surface area contributed by atoms with Crippen LogP contribution in [-0.2, 0) is 4.74 Å². The molecule has 0 saturated heterocycles. The molecule has 0 aromatic carbocycles. The smallest absolute Gasteiger partial charge is 0.358 e. The van der Waals surface area contributed by atoms with E-state index in [2.05, 4.69) is 40.8 Å². The highest BCUT2D eigenvalue weighted by Crippen LogP contribution is 2.19. The highest BCUT2D eigenvalue weighted by Gasteiger charge is 2.15. The molecule has 5 heteroatoms. The molecule has 17 heavy (non-hydrogen) atoms. The van der Waals surface area contributed by atoms with Gasteiger partial charge in [-0.1, -0.05) is 20.8 Å². The minimum Gasteiger partial charge on any atom is -0.464 e. The minimum absolute atomic E-state index is 0.183. The van der Waals surface area contributed by atoms with E-state index in [0.717, 1.165) is 13.0 Å². The number of esters is 1. The monoisotopic (exact) mass is 237 g/mol. The first kappa shape index (κ1) is 13.4. The van der Waals surface area contributed by atoms with Gasteiger partial charge in [0.1, 0.15) is 5.82 Å². The first-order chi connectivity index (χ1) is 7.98. The van der Waals surface area contributed by atoms with Crippen LogP contribution in [0.5, 0.6) is 0 Å². The van der Waals surface area contributed by atoms with E-state index in [-0.39, 0.29) is 11.1 Å². The SMILES string of the molecule is CCC(C)(C)CNc1cncc(C(=O)OC)n1. The fourth-order valence-corrected chi connectivity index (χ4v) is 1.11. The highest BCUT2D eigenvalue weighted by molar-refractivity contribution is 5.87. The lowest BCUT2D eigenvalue weighted by Gasteiger charge is -2.23. The Hall–Kier alpha value is -1.65. The Kier molecular flexibility index (Phi) is 4.43. The molecule has 0 fully saturated rings. The molecule has 0 radical (unpaired) electrons. The fraction of sp³-hybridized carbons (Fsp3) is 0.583. The molecular formula is C12H19N3O2. The van der Waals surface area contributed by atoms with Crippen LogP contribution in [0.15, 0.2) is 12.4 Å². The Morgan fingerprint density at radius 1 is 1.47 bits per heavy atom. The molecule has 0 aliphatic heterocycles. The summed E-state index contributed by atoms with van der Waals surface area (Å²) in [5.41, 5.74) is 0.398. The molecule has 1 aromatic heterocycles. The Morgan fingerprint density at radius 3 is 2.76 bits per heavy atom. The van der Waals surface area contributed by atoms with Gasteiger partial charge in [0.05, 0.1) is 19.5 Å². The molecule has 1 rings (SSSR count). The van der Waals surface area contributed by atoms with Gasteiger partial charge in [-0.3, -0.25) is 4.98 Å². The van der Waals surface area contributed by atoms with E-state index in [1.807, 2.05) is 0 Å². The molecule has 0 spiro atoms. The molecule has 94 valence electrons. The maximum atomic E-state index is 11.3. The third kappa shape index (κ3) is 4.01. The molecule has 0 saturated carbocycles. The fourth-order valence-electron chi connectivity index (χ4n) is 1.11. The van der Waals surface area contributed by atoms with E-state index in [0.29, 0.717) is 5.82 Å². The van der Waals surface area contributed by atoms with E-state index in [9.17, 15) is 4.79 Å². The average molecular weight is 237 g/mol. The second kappa shape index (κ2) is 5.61. The Bertz CT molecular complexity index is 391. The summed E-state index contributed by atoms with van der Waals surface area (Å²) in [5, 5.41) is 3.17. The molecule has 0 aliphatic carbocycles. The number of aromatic nitrogens is 2. The lowest BCUT2D eigenvalue weighted by Crippen LogP contribution is -2.22. The summed E-state index contributed by atoms with van der Waals surface area (Å²) in [6.07, 6.45) is 4.05. The predicted octanol–water partition coefficient (Wildman–Crippen LogP) is 2.11. The van der Waals surface area contributed by atoms with Crippen LogP contribution in [0, 0.1) is 5.41 Å². The lowest BCUT2D eigenvalue weighted by molar-refractivity contribution is 0.0593. The molecule has 1 N–H and O–H groups in total. The van der Waals surface area contributed by atoms with Gasteiger partial charge in [0.2, 0.25) is 0 Å². The van der Waals surface area contributed by atoms with Gasteiger partial charge in [-0.15, -0.1) is 0 Å². The van der Waals surface area contributed by atoms with Crippen molar-refractivity contribution in [3.05, 3.63) is 18.1 Å². The number of nitrogens with one attached hydrogen (secondary N) is 1. The van der Waals surface area contributed by atoms with E-state index < -0.39 is 5.97 Å². The van der Waals surface area contributed by atoms with Crippen LogP contribution in [0.4, 0.5) is 5.82 Å². The normalized spacial score (nSPS) is 11.1. The molecule has 0 aliphatic rings. The average Bonchev–Trinajstić information content (AvgIpc) is 2.36. The van der Waals surface area contributed by atoms with E-state index in [4.69, 9.17) is 0 Å². The van der Waals surface area contributed by atoms with Crippen molar-refractivity contribution in [1.82, 2.24) is 9.97 Å². The molecule has 5 nitrogen and oxygen atoms in total. The molecule has 0 bridgehead atoms. The summed E-state index contributed by atoms with van der Waals surface area (Å²) >= 11 is 0. The van der Waals surface area contributed by atoms with Crippen molar-refractivity contribution in [2.24, 2.45) is 5.41 Å². The third-order valence-corrected chi connectivity index (χ3v) is 2.73. The van der Waals surface area contributed by atoms with Crippen LogP contribution in [0.3, 0.4) is 0 Å². The third-order valence-electron chi connectivity index (χ3n) is 2.73. The summed E-state index contributed by atoms with van der Waals surface area (Å²) in [5.74, 6) is 0.116. The van der Waals surface area contributed by atoms with Gasteiger partial charge in [-0.05, 0) is 11.8 Å². The summed E-state index contributed by atoms with van der Waals surface area (Å²) in [7, 11) is 1.32. The van der Waals surface area contributed by atoms with Crippen molar-refractivity contribution >= 4 is 11.8 Å². The molecule has 0 atom stereocenters. The molecule has 1 heterocycles. The van der Waals surface area contributed by atoms with E-state index >= 15 is 0 Å². The van der Waals surface area contributed by atoms with Gasteiger partial charge in [0.25, 0.3) is 0 Å². The Labute approximate surface area is 102 Å². The number of rotatable bonds is 5. The summed E-state index contributed by atoms with van der Waals surface area (Å²) < 4.78 is 4.59. The van der Waals surface area contributed by atoms with E-state index in [1.165, 1.54) is 13.3 Å². The maximum Gasteiger partial charge on any atom is 0.358 e. The van der Waals surface area contributed by atoms with Gasteiger partial charge in [0, 0.05) is 6.54 Å². The Balaban J connectivity index is 2.70. The van der Waals surface area contributed by atoms with Gasteiger partial charge in [-0.25, -0.2) is 9.78 Å². The Morgan fingerprint density at radius 2 is 2.18 bits per heavy atom. The van der Waals surface area contributed by atoms with Gasteiger partial charge >= 0.3 is 5.97 Å². The van der Waals surface area contributed by atoms with Crippen molar-refractivity contribution in [2.75, 3.05) is 19.0 Å². The summed E-state index contributed by atoms with van der Waals surface area (Å²) in [6, 6.07) is 0. The second-order valence-corrected chi connectivity index (χ2v) is 4.65. The minimum atomic E-state index is -0.476. The van der Waals surface area contributed by atoms with Gasteiger partial charge in [-0.2, -0.15) is 0 Å². The van der Waals surface area contributed by atoms with Crippen molar-refractivity contribution in [1.29, 1.82) is 0 Å². The largest absolute Gasteiger partial charge is 0.464 e. The zero-order valence-electron chi connectivity index (χ0n) is 10.8. The standard InChI is InChI=1S/C12H19N3O2/c1-5-12(2,3)8-14-10-7-13-6-9(15-10)11(16)17-4/h6-7H,5,8H2,1-4H3,(H,14,15). The van der Waals surface area contributed by atoms with Crippen molar-refractivity contribution in [2.45, 2.75) is 27.2 Å². The zero-order chi connectivity index (χ0) is 12.9. The van der Waals surface area contributed by atoms with Crippen LogP contribution in [0.2, 0.25) is 0 Å².